The average Bonchev–Trinajstić information content (AvgIpc) is 2.60. The Morgan fingerprint density at radius 3 is 2.52 bits per heavy atom. The molecule has 2 N–H and O–H groups in total. The maximum absolute atomic E-state index is 5.44. The van der Waals surface area contributed by atoms with Crippen molar-refractivity contribution in [1.29, 1.82) is 0 Å². The highest BCUT2D eigenvalue weighted by Crippen LogP contribution is 2.25. The van der Waals surface area contributed by atoms with Gasteiger partial charge in [0.1, 0.15) is 11.5 Å². The van der Waals surface area contributed by atoms with E-state index in [0.29, 0.717) is 12.6 Å². The minimum atomic E-state index is 0.523. The molecule has 0 amide bonds. The van der Waals surface area contributed by atoms with Gasteiger partial charge >= 0.3 is 0 Å². The lowest BCUT2D eigenvalue weighted by atomic mass is 9.87. The van der Waals surface area contributed by atoms with Crippen LogP contribution in [0.25, 0.3) is 0 Å². The first-order valence-corrected chi connectivity index (χ1v) is 8.34. The first-order chi connectivity index (χ1) is 11.2. The summed E-state index contributed by atoms with van der Waals surface area (Å²) in [7, 11) is 5.14. The van der Waals surface area contributed by atoms with Gasteiger partial charge in [0.25, 0.3) is 0 Å². The number of hydrogen-bond donors (Lipinski definition) is 2. The highest BCUT2D eigenvalue weighted by atomic mass is 16.5. The highest BCUT2D eigenvalue weighted by Gasteiger charge is 2.19. The van der Waals surface area contributed by atoms with Gasteiger partial charge in [0.2, 0.25) is 0 Å². The molecular formula is C18H29N3O2. The second-order valence-corrected chi connectivity index (χ2v) is 6.20. The molecule has 0 radical (unpaired) electrons. The second-order valence-electron chi connectivity index (χ2n) is 6.20. The Labute approximate surface area is 139 Å². The van der Waals surface area contributed by atoms with Crippen molar-refractivity contribution in [1.82, 2.24) is 10.6 Å². The Morgan fingerprint density at radius 1 is 1.17 bits per heavy atom. The summed E-state index contributed by atoms with van der Waals surface area (Å²) in [6, 6.07) is 6.38. The summed E-state index contributed by atoms with van der Waals surface area (Å²) in [4.78, 5) is 4.33. The van der Waals surface area contributed by atoms with E-state index in [-0.39, 0.29) is 0 Å². The smallest absolute Gasteiger partial charge is 0.191 e. The van der Waals surface area contributed by atoms with E-state index in [4.69, 9.17) is 9.47 Å². The van der Waals surface area contributed by atoms with Gasteiger partial charge in [-0.25, -0.2) is 0 Å². The zero-order chi connectivity index (χ0) is 16.7. The molecule has 5 nitrogen and oxygen atoms in total. The van der Waals surface area contributed by atoms with Gasteiger partial charge in [-0.1, -0.05) is 6.92 Å². The lowest BCUT2D eigenvalue weighted by Gasteiger charge is -2.28. The van der Waals surface area contributed by atoms with Crippen LogP contribution in [0.4, 0.5) is 0 Å². The van der Waals surface area contributed by atoms with Gasteiger partial charge in [-0.15, -0.1) is 0 Å². The average molecular weight is 319 g/mol. The van der Waals surface area contributed by atoms with E-state index in [2.05, 4.69) is 22.5 Å². The predicted molar refractivity (Wildman–Crippen MR) is 94.3 cm³/mol. The van der Waals surface area contributed by atoms with Crippen LogP contribution >= 0.6 is 0 Å². The number of nitrogens with zero attached hydrogens (tertiary/aromatic N) is 1. The van der Waals surface area contributed by atoms with E-state index < -0.39 is 0 Å². The van der Waals surface area contributed by atoms with Crippen LogP contribution in [0, 0.1) is 5.92 Å². The molecule has 1 fully saturated rings. The topological polar surface area (TPSA) is 54.9 Å². The molecule has 1 aromatic carbocycles. The van der Waals surface area contributed by atoms with Crippen LogP contribution in [-0.2, 0) is 6.54 Å². The van der Waals surface area contributed by atoms with Gasteiger partial charge in [0, 0.05) is 31.3 Å². The van der Waals surface area contributed by atoms with Crippen molar-refractivity contribution in [3.63, 3.8) is 0 Å². The maximum Gasteiger partial charge on any atom is 0.191 e. The first-order valence-electron chi connectivity index (χ1n) is 8.34. The third kappa shape index (κ3) is 5.05. The van der Waals surface area contributed by atoms with Crippen molar-refractivity contribution >= 4 is 5.96 Å². The lowest BCUT2D eigenvalue weighted by molar-refractivity contribution is 0.329. The summed E-state index contributed by atoms with van der Waals surface area (Å²) in [6.07, 6.45) is 5.02. The molecule has 1 aliphatic carbocycles. The molecule has 0 saturated heterocycles. The van der Waals surface area contributed by atoms with Crippen LogP contribution in [-0.4, -0.2) is 33.3 Å². The van der Waals surface area contributed by atoms with E-state index in [1.165, 1.54) is 25.7 Å². The third-order valence-corrected chi connectivity index (χ3v) is 4.52. The molecule has 0 bridgehead atoms. The van der Waals surface area contributed by atoms with E-state index in [0.717, 1.165) is 28.9 Å². The van der Waals surface area contributed by atoms with Gasteiger partial charge in [-0.05, 0) is 43.7 Å². The number of benzene rings is 1. The summed E-state index contributed by atoms with van der Waals surface area (Å²) < 4.78 is 10.7. The Balaban J connectivity index is 1.90. The lowest BCUT2D eigenvalue weighted by Crippen LogP contribution is -2.44. The predicted octanol–water partition coefficient (Wildman–Crippen LogP) is 2.95. The summed E-state index contributed by atoms with van der Waals surface area (Å²) in [6.45, 7) is 3.00. The van der Waals surface area contributed by atoms with Crippen LogP contribution in [0.1, 0.15) is 38.2 Å². The minimum Gasteiger partial charge on any atom is -0.497 e. The van der Waals surface area contributed by atoms with Crippen molar-refractivity contribution in [3.05, 3.63) is 23.8 Å². The number of guanidine groups is 1. The fourth-order valence-electron chi connectivity index (χ4n) is 2.97. The Kier molecular flexibility index (Phi) is 6.56. The zero-order valence-corrected chi connectivity index (χ0v) is 14.7. The summed E-state index contributed by atoms with van der Waals surface area (Å²) in [5, 5.41) is 6.90. The molecule has 1 aromatic rings. The maximum atomic E-state index is 5.44. The summed E-state index contributed by atoms with van der Waals surface area (Å²) in [5.74, 6) is 3.32. The summed E-state index contributed by atoms with van der Waals surface area (Å²) >= 11 is 0. The minimum absolute atomic E-state index is 0.523. The third-order valence-electron chi connectivity index (χ3n) is 4.52. The number of rotatable bonds is 5. The number of hydrogen-bond acceptors (Lipinski definition) is 3. The van der Waals surface area contributed by atoms with Gasteiger partial charge in [0.15, 0.2) is 5.96 Å². The SMILES string of the molecule is CN=C(NCc1ccc(OC)cc1OC)NC1CCC(C)CC1. The molecular weight excluding hydrogens is 290 g/mol. The molecule has 0 heterocycles. The van der Waals surface area contributed by atoms with Crippen LogP contribution in [0.15, 0.2) is 23.2 Å². The second kappa shape index (κ2) is 8.65. The molecule has 1 aliphatic rings. The van der Waals surface area contributed by atoms with Crippen LogP contribution < -0.4 is 20.1 Å². The fraction of sp³-hybridized carbons (Fsp3) is 0.611. The number of ether oxygens (including phenoxy) is 2. The molecule has 128 valence electrons. The van der Waals surface area contributed by atoms with Crippen LogP contribution in [0.3, 0.4) is 0 Å². The van der Waals surface area contributed by atoms with Gasteiger partial charge in [0.05, 0.1) is 14.2 Å². The molecule has 23 heavy (non-hydrogen) atoms. The van der Waals surface area contributed by atoms with Gasteiger partial charge < -0.3 is 20.1 Å². The molecule has 1 saturated carbocycles. The molecule has 0 aromatic heterocycles. The Morgan fingerprint density at radius 2 is 1.91 bits per heavy atom. The molecule has 0 unspecified atom stereocenters. The number of aliphatic imine (C=N–C) groups is 1. The number of nitrogens with one attached hydrogen (secondary N) is 2. The fourth-order valence-corrected chi connectivity index (χ4v) is 2.97. The standard InChI is InChI=1S/C18H29N3O2/c1-13-5-8-15(9-6-13)21-18(19-2)20-12-14-7-10-16(22-3)11-17(14)23-4/h7,10-11,13,15H,5-6,8-9,12H2,1-4H3,(H2,19,20,21). The van der Waals surface area contributed by atoms with Crippen molar-refractivity contribution in [2.24, 2.45) is 10.9 Å². The van der Waals surface area contributed by atoms with E-state index in [1.54, 1.807) is 14.2 Å². The normalized spacial score (nSPS) is 21.7. The van der Waals surface area contributed by atoms with Gasteiger partial charge in [-0.3, -0.25) is 4.99 Å². The molecule has 5 heteroatoms. The zero-order valence-electron chi connectivity index (χ0n) is 14.7. The van der Waals surface area contributed by atoms with Crippen molar-refractivity contribution in [2.45, 2.75) is 45.2 Å². The number of methoxy groups -OCH3 is 2. The molecule has 2 rings (SSSR count). The highest BCUT2D eigenvalue weighted by molar-refractivity contribution is 5.80. The Bertz CT molecular complexity index is 523. The first kappa shape index (κ1) is 17.4. The van der Waals surface area contributed by atoms with Gasteiger partial charge in [-0.2, -0.15) is 0 Å². The van der Waals surface area contributed by atoms with E-state index in [1.807, 2.05) is 25.2 Å². The van der Waals surface area contributed by atoms with Crippen molar-refractivity contribution in [2.75, 3.05) is 21.3 Å². The quantitative estimate of drug-likeness (QED) is 0.647. The van der Waals surface area contributed by atoms with E-state index >= 15 is 0 Å². The molecule has 0 spiro atoms. The van der Waals surface area contributed by atoms with Crippen molar-refractivity contribution in [3.8, 4) is 11.5 Å². The summed E-state index contributed by atoms with van der Waals surface area (Å²) in [5.41, 5.74) is 1.08. The Hall–Kier alpha value is -1.91. The largest absolute Gasteiger partial charge is 0.497 e. The monoisotopic (exact) mass is 319 g/mol. The molecule has 0 aliphatic heterocycles. The van der Waals surface area contributed by atoms with Crippen LogP contribution in [0.2, 0.25) is 0 Å². The van der Waals surface area contributed by atoms with E-state index in [9.17, 15) is 0 Å². The molecule has 0 atom stereocenters. The van der Waals surface area contributed by atoms with Crippen molar-refractivity contribution < 1.29 is 9.47 Å². The van der Waals surface area contributed by atoms with Crippen LogP contribution in [0.5, 0.6) is 11.5 Å².